The van der Waals surface area contributed by atoms with E-state index in [2.05, 4.69) is 19.9 Å². The number of rotatable bonds is 12. The third kappa shape index (κ3) is 8.25. The largest absolute Gasteiger partial charge is 0.396 e. The lowest BCUT2D eigenvalue weighted by molar-refractivity contribution is 0.252. The predicted octanol–water partition coefficient (Wildman–Crippen LogP) is 3.17. The number of halogens is 2. The Morgan fingerprint density at radius 3 is 2.78 bits per heavy atom. The molecule has 1 unspecified atom stereocenters. The molecule has 0 aliphatic carbocycles. The van der Waals surface area contributed by atoms with Crippen molar-refractivity contribution in [3.8, 4) is 0 Å². The number of aliphatic hydroxyl groups excluding tert-OH is 1. The molecule has 172 valence electrons. The summed E-state index contributed by atoms with van der Waals surface area (Å²) in [6.07, 6.45) is 5.23. The van der Waals surface area contributed by atoms with Crippen LogP contribution in [0, 0.1) is 5.82 Å². The van der Waals surface area contributed by atoms with E-state index in [1.807, 2.05) is 6.92 Å². The fourth-order valence-electron chi connectivity index (χ4n) is 2.46. The van der Waals surface area contributed by atoms with Crippen LogP contribution in [0.1, 0.15) is 31.0 Å². The van der Waals surface area contributed by atoms with Crippen LogP contribution in [0.5, 0.6) is 0 Å². The zero-order valence-corrected chi connectivity index (χ0v) is 18.4. The van der Waals surface area contributed by atoms with Gasteiger partial charge in [-0.05, 0) is 30.5 Å². The van der Waals surface area contributed by atoms with Crippen LogP contribution in [-0.2, 0) is 6.54 Å². The second-order valence-corrected chi connectivity index (χ2v) is 7.44. The van der Waals surface area contributed by atoms with Gasteiger partial charge in [-0.3, -0.25) is 9.71 Å². The van der Waals surface area contributed by atoms with Gasteiger partial charge in [-0.1, -0.05) is 36.7 Å². The summed E-state index contributed by atoms with van der Waals surface area (Å²) in [4.78, 5) is 8.17. The number of aliphatic imine (C=N–C) groups is 2. The Morgan fingerprint density at radius 2 is 2.12 bits per heavy atom. The molecule has 0 saturated carbocycles. The van der Waals surface area contributed by atoms with E-state index >= 15 is 0 Å². The Morgan fingerprint density at radius 1 is 1.34 bits per heavy atom. The van der Waals surface area contributed by atoms with Crippen molar-refractivity contribution >= 4 is 23.5 Å². The van der Waals surface area contributed by atoms with Gasteiger partial charge >= 0.3 is 0 Å². The van der Waals surface area contributed by atoms with Gasteiger partial charge in [0.1, 0.15) is 23.6 Å². The highest BCUT2D eigenvalue weighted by Crippen LogP contribution is 2.15. The fourth-order valence-corrected chi connectivity index (χ4v) is 3.04. The zero-order chi connectivity index (χ0) is 23.3. The predicted molar refractivity (Wildman–Crippen MR) is 123 cm³/mol. The molecule has 0 aliphatic rings. The van der Waals surface area contributed by atoms with E-state index in [4.69, 9.17) is 16.0 Å². The molecule has 0 spiro atoms. The van der Waals surface area contributed by atoms with E-state index in [9.17, 15) is 13.9 Å². The lowest BCUT2D eigenvalue weighted by atomic mass is 10.2. The summed E-state index contributed by atoms with van der Waals surface area (Å²) in [5.41, 5.74) is 12.9. The molecule has 0 aliphatic heterocycles. The molecule has 0 radical (unpaired) electrons. The average molecular weight is 465 g/mol. The minimum Gasteiger partial charge on any atom is -0.396 e. The number of benzene rings is 1. The number of nitrogens with one attached hydrogen (secondary N) is 1. The molecule has 0 bridgehead atoms. The monoisotopic (exact) mass is 464 g/mol. The molecule has 1 aromatic carbocycles. The highest BCUT2D eigenvalue weighted by atomic mass is 32.2. The first-order chi connectivity index (χ1) is 15.4. The Hall–Kier alpha value is -3.02. The van der Waals surface area contributed by atoms with Gasteiger partial charge < -0.3 is 21.1 Å². The Balaban J connectivity index is 2.14. The highest BCUT2D eigenvalue weighted by Gasteiger charge is 2.09. The van der Waals surface area contributed by atoms with E-state index in [0.717, 1.165) is 12.6 Å². The van der Waals surface area contributed by atoms with Gasteiger partial charge in [0.15, 0.2) is 5.16 Å². The Labute approximate surface area is 189 Å². The van der Waals surface area contributed by atoms with E-state index < -0.39 is 5.16 Å². The number of aromatic nitrogens is 1. The molecular formula is C21H26F2N6O2S. The number of amidine groups is 1. The fraction of sp³-hybridized carbons (Fsp3) is 0.286. The summed E-state index contributed by atoms with van der Waals surface area (Å²) in [6.45, 7) is 1.90. The summed E-state index contributed by atoms with van der Waals surface area (Å²) in [7, 11) is 0. The number of nitrogens with two attached hydrogens (primary N) is 2. The van der Waals surface area contributed by atoms with E-state index in [-0.39, 0.29) is 36.5 Å². The molecule has 6 N–H and O–H groups in total. The standard InChI is InChI=1S/C21H26F2N6O2S/c1-2-5-15(13-30)29-32-20(23)12-27-21(25)17(24)10-19(18-8-9-31-28-18)26-11-14-6-3-4-7-16(14)22/h3-4,6-10,12,15,29-30H,2,5,11,13,24H2,1H3,(H2,25,27)/b17-10?,20-12-,26-19?. The summed E-state index contributed by atoms with van der Waals surface area (Å²) >= 11 is 0.702. The van der Waals surface area contributed by atoms with Crippen molar-refractivity contribution in [1.82, 2.24) is 9.88 Å². The van der Waals surface area contributed by atoms with Crippen molar-refractivity contribution in [2.24, 2.45) is 21.5 Å². The third-order valence-corrected chi connectivity index (χ3v) is 4.90. The lowest BCUT2D eigenvalue weighted by Crippen LogP contribution is -2.26. The SMILES string of the molecule is CCCC(CO)NS/C(F)=C\N=C(N)C(N)=CC(=NCc1ccccc1F)c1ccon1. The van der Waals surface area contributed by atoms with Crippen LogP contribution in [0.15, 0.2) is 74.2 Å². The Bertz CT molecular complexity index is 976. The van der Waals surface area contributed by atoms with Crippen LogP contribution >= 0.6 is 11.9 Å². The number of allylic oxidation sites excluding steroid dienone is 1. The maximum Gasteiger partial charge on any atom is 0.189 e. The van der Waals surface area contributed by atoms with E-state index in [1.165, 1.54) is 18.4 Å². The topological polar surface area (TPSA) is 135 Å². The molecule has 0 amide bonds. The first-order valence-electron chi connectivity index (χ1n) is 9.82. The summed E-state index contributed by atoms with van der Waals surface area (Å²) < 4.78 is 35.5. The van der Waals surface area contributed by atoms with Crippen molar-refractivity contribution in [1.29, 1.82) is 0 Å². The maximum atomic E-state index is 14.0. The molecule has 1 heterocycles. The quantitative estimate of drug-likeness (QED) is 0.215. The van der Waals surface area contributed by atoms with Gasteiger partial charge in [0, 0.05) is 17.7 Å². The lowest BCUT2D eigenvalue weighted by Gasteiger charge is -2.12. The number of hydrogen-bond donors (Lipinski definition) is 4. The normalized spacial score (nSPS) is 14.6. The molecule has 2 rings (SSSR count). The van der Waals surface area contributed by atoms with Crippen molar-refractivity contribution in [3.63, 3.8) is 0 Å². The van der Waals surface area contributed by atoms with Gasteiger partial charge in [0.2, 0.25) is 0 Å². The molecule has 1 aromatic heterocycles. The van der Waals surface area contributed by atoms with Crippen LogP contribution in [0.3, 0.4) is 0 Å². The van der Waals surface area contributed by atoms with Gasteiger partial charge in [-0.25, -0.2) is 9.38 Å². The van der Waals surface area contributed by atoms with Gasteiger partial charge in [0.05, 0.1) is 30.8 Å². The van der Waals surface area contributed by atoms with Gasteiger partial charge in [0.25, 0.3) is 0 Å². The first kappa shape index (κ1) is 25.2. The minimum absolute atomic E-state index is 0.0153. The van der Waals surface area contributed by atoms with Crippen molar-refractivity contribution < 1.29 is 18.4 Å². The van der Waals surface area contributed by atoms with Crippen molar-refractivity contribution in [3.05, 3.63) is 76.8 Å². The Kier molecular flexibility index (Phi) is 10.6. The molecule has 1 atom stereocenters. The van der Waals surface area contributed by atoms with E-state index in [1.54, 1.807) is 24.3 Å². The zero-order valence-electron chi connectivity index (χ0n) is 17.5. The first-order valence-corrected chi connectivity index (χ1v) is 10.6. The number of aliphatic hydroxyl groups is 1. The molecule has 0 fully saturated rings. The third-order valence-electron chi connectivity index (χ3n) is 4.15. The van der Waals surface area contributed by atoms with Gasteiger partial charge in [-0.2, -0.15) is 4.39 Å². The molecule has 8 nitrogen and oxygen atoms in total. The van der Waals surface area contributed by atoms with Crippen LogP contribution in [-0.4, -0.2) is 34.5 Å². The molecule has 32 heavy (non-hydrogen) atoms. The highest BCUT2D eigenvalue weighted by molar-refractivity contribution is 8.01. The molecule has 0 saturated heterocycles. The van der Waals surface area contributed by atoms with Crippen molar-refractivity contribution in [2.45, 2.75) is 32.4 Å². The molecule has 11 heteroatoms. The smallest absolute Gasteiger partial charge is 0.189 e. The summed E-state index contributed by atoms with van der Waals surface area (Å²) in [5.74, 6) is -0.530. The summed E-state index contributed by atoms with van der Waals surface area (Å²) in [5, 5.41) is 12.4. The summed E-state index contributed by atoms with van der Waals surface area (Å²) in [6, 6.07) is 7.58. The molecular weight excluding hydrogens is 438 g/mol. The average Bonchev–Trinajstić information content (AvgIpc) is 3.33. The van der Waals surface area contributed by atoms with Crippen LogP contribution in [0.4, 0.5) is 8.78 Å². The second-order valence-electron chi connectivity index (χ2n) is 6.61. The second kappa shape index (κ2) is 13.4. The van der Waals surface area contributed by atoms with E-state index in [0.29, 0.717) is 35.3 Å². The molecule has 2 aromatic rings. The number of nitrogens with zero attached hydrogens (tertiary/aromatic N) is 3. The maximum absolute atomic E-state index is 14.0. The number of hydrogen-bond acceptors (Lipinski definition) is 8. The van der Waals surface area contributed by atoms with Crippen LogP contribution in [0.2, 0.25) is 0 Å². The van der Waals surface area contributed by atoms with Crippen LogP contribution < -0.4 is 16.2 Å². The van der Waals surface area contributed by atoms with Crippen molar-refractivity contribution in [2.75, 3.05) is 6.61 Å². The minimum atomic E-state index is -0.653. The van der Waals surface area contributed by atoms with Crippen LogP contribution in [0.25, 0.3) is 0 Å². The van der Waals surface area contributed by atoms with Gasteiger partial charge in [-0.15, -0.1) is 0 Å².